The van der Waals surface area contributed by atoms with Gasteiger partial charge in [-0.05, 0) is 24.9 Å². The number of imidazole rings is 1. The number of nitrogens with zero attached hydrogens (tertiary/aromatic N) is 5. The molecule has 1 aliphatic rings. The molecule has 4 rings (SSSR count). The van der Waals surface area contributed by atoms with Gasteiger partial charge in [0.05, 0.1) is 11.9 Å². The Morgan fingerprint density at radius 2 is 2.04 bits per heavy atom. The van der Waals surface area contributed by atoms with E-state index in [1.165, 1.54) is 18.4 Å². The van der Waals surface area contributed by atoms with Gasteiger partial charge in [0.15, 0.2) is 5.82 Å². The molecule has 0 saturated carbocycles. The fraction of sp³-hybridized carbons (Fsp3) is 0.381. The SMILES string of the molecule is CCc1nccn1-c1cncc([C@@H]2CCCN(Cc3ccccc3)C2)n1. The fourth-order valence-electron chi connectivity index (χ4n) is 3.77. The van der Waals surface area contributed by atoms with Gasteiger partial charge >= 0.3 is 0 Å². The van der Waals surface area contributed by atoms with Crippen LogP contribution in [0.15, 0.2) is 55.1 Å². The maximum atomic E-state index is 4.92. The Kier molecular flexibility index (Phi) is 5.07. The standard InChI is InChI=1S/C21H25N5/c1-2-20-23-10-12-26(20)21-14-22-13-19(24-21)18-9-6-11-25(16-18)15-17-7-4-3-5-8-17/h3-5,7-8,10,12-14,18H,2,6,9,11,15-16H2,1H3/t18-/m1/s1. The summed E-state index contributed by atoms with van der Waals surface area (Å²) in [6, 6.07) is 10.7. The van der Waals surface area contributed by atoms with Gasteiger partial charge in [-0.1, -0.05) is 37.3 Å². The summed E-state index contributed by atoms with van der Waals surface area (Å²) in [4.78, 5) is 16.3. The molecule has 0 aliphatic carbocycles. The predicted octanol–water partition coefficient (Wildman–Crippen LogP) is 3.60. The largest absolute Gasteiger partial charge is 0.298 e. The van der Waals surface area contributed by atoms with Crippen molar-refractivity contribution in [2.75, 3.05) is 13.1 Å². The van der Waals surface area contributed by atoms with Gasteiger partial charge in [-0.25, -0.2) is 9.97 Å². The van der Waals surface area contributed by atoms with E-state index < -0.39 is 0 Å². The van der Waals surface area contributed by atoms with E-state index in [2.05, 4.69) is 52.1 Å². The molecule has 0 spiro atoms. The monoisotopic (exact) mass is 347 g/mol. The van der Waals surface area contributed by atoms with E-state index in [4.69, 9.17) is 4.98 Å². The molecule has 26 heavy (non-hydrogen) atoms. The summed E-state index contributed by atoms with van der Waals surface area (Å²) >= 11 is 0. The molecule has 3 heterocycles. The zero-order chi connectivity index (χ0) is 17.8. The highest BCUT2D eigenvalue weighted by Gasteiger charge is 2.23. The molecule has 1 saturated heterocycles. The van der Waals surface area contributed by atoms with E-state index in [9.17, 15) is 0 Å². The third-order valence-corrected chi connectivity index (χ3v) is 5.09. The molecule has 1 aliphatic heterocycles. The molecule has 1 atom stereocenters. The zero-order valence-electron chi connectivity index (χ0n) is 15.3. The molecule has 1 fully saturated rings. The molecule has 0 amide bonds. The molecule has 0 N–H and O–H groups in total. The number of aromatic nitrogens is 4. The number of aryl methyl sites for hydroxylation is 1. The van der Waals surface area contributed by atoms with Crippen molar-refractivity contribution in [2.24, 2.45) is 0 Å². The minimum Gasteiger partial charge on any atom is -0.298 e. The summed E-state index contributed by atoms with van der Waals surface area (Å²) in [6.45, 7) is 5.31. The average molecular weight is 347 g/mol. The minimum absolute atomic E-state index is 0.438. The van der Waals surface area contributed by atoms with Gasteiger partial charge in [0.25, 0.3) is 0 Å². The number of piperidine rings is 1. The van der Waals surface area contributed by atoms with Crippen LogP contribution in [0, 0.1) is 0 Å². The second kappa shape index (κ2) is 7.79. The number of hydrogen-bond donors (Lipinski definition) is 0. The molecule has 5 heteroatoms. The normalized spacial score (nSPS) is 18.1. The Morgan fingerprint density at radius 3 is 2.88 bits per heavy atom. The molecule has 5 nitrogen and oxygen atoms in total. The molecule has 0 unspecified atom stereocenters. The molecular formula is C21H25N5. The molecule has 0 radical (unpaired) electrons. The summed E-state index contributed by atoms with van der Waals surface area (Å²) in [7, 11) is 0. The maximum absolute atomic E-state index is 4.92. The molecule has 0 bridgehead atoms. The molecule has 134 valence electrons. The van der Waals surface area contributed by atoms with E-state index in [0.717, 1.165) is 43.4 Å². The quantitative estimate of drug-likeness (QED) is 0.707. The lowest BCUT2D eigenvalue weighted by molar-refractivity contribution is 0.198. The second-order valence-electron chi connectivity index (χ2n) is 6.93. The van der Waals surface area contributed by atoms with E-state index in [1.54, 1.807) is 0 Å². The zero-order valence-corrected chi connectivity index (χ0v) is 15.3. The number of rotatable bonds is 5. The van der Waals surface area contributed by atoms with Crippen LogP contribution < -0.4 is 0 Å². The fourth-order valence-corrected chi connectivity index (χ4v) is 3.77. The van der Waals surface area contributed by atoms with Crippen molar-refractivity contribution in [1.29, 1.82) is 0 Å². The highest BCUT2D eigenvalue weighted by atomic mass is 15.1. The first-order valence-corrected chi connectivity index (χ1v) is 9.44. The van der Waals surface area contributed by atoms with Crippen molar-refractivity contribution in [2.45, 2.75) is 38.6 Å². The lowest BCUT2D eigenvalue weighted by atomic mass is 9.94. The van der Waals surface area contributed by atoms with Gasteiger partial charge in [0, 0.05) is 44.0 Å². The van der Waals surface area contributed by atoms with Gasteiger partial charge in [-0.2, -0.15) is 0 Å². The first-order valence-electron chi connectivity index (χ1n) is 9.44. The Balaban J connectivity index is 1.51. The number of hydrogen-bond acceptors (Lipinski definition) is 4. The smallest absolute Gasteiger partial charge is 0.156 e. The molecule has 2 aromatic heterocycles. The Hall–Kier alpha value is -2.53. The molecular weight excluding hydrogens is 322 g/mol. The van der Waals surface area contributed by atoms with Crippen molar-refractivity contribution in [3.05, 3.63) is 72.2 Å². The van der Waals surface area contributed by atoms with Crippen LogP contribution in [-0.4, -0.2) is 37.5 Å². The lowest BCUT2D eigenvalue weighted by Gasteiger charge is -2.32. The Bertz CT molecular complexity index is 842. The van der Waals surface area contributed by atoms with Crippen molar-refractivity contribution >= 4 is 0 Å². The van der Waals surface area contributed by atoms with E-state index in [1.807, 2.05) is 29.4 Å². The summed E-state index contributed by atoms with van der Waals surface area (Å²) in [5, 5.41) is 0. The summed E-state index contributed by atoms with van der Waals surface area (Å²) < 4.78 is 2.04. The van der Waals surface area contributed by atoms with Gasteiger partial charge in [0.1, 0.15) is 5.82 Å². The third kappa shape index (κ3) is 3.68. The van der Waals surface area contributed by atoms with Crippen molar-refractivity contribution in [1.82, 2.24) is 24.4 Å². The van der Waals surface area contributed by atoms with Gasteiger partial charge in [-0.3, -0.25) is 14.5 Å². The Labute approximate surface area is 154 Å². The van der Waals surface area contributed by atoms with Crippen LogP contribution in [-0.2, 0) is 13.0 Å². The van der Waals surface area contributed by atoms with E-state index in [-0.39, 0.29) is 0 Å². The van der Waals surface area contributed by atoms with Crippen molar-refractivity contribution in [3.8, 4) is 5.82 Å². The predicted molar refractivity (Wildman–Crippen MR) is 102 cm³/mol. The average Bonchev–Trinajstić information content (AvgIpc) is 3.18. The first-order chi connectivity index (χ1) is 12.8. The summed E-state index contributed by atoms with van der Waals surface area (Å²) in [6.07, 6.45) is 10.8. The van der Waals surface area contributed by atoms with Crippen LogP contribution >= 0.6 is 0 Å². The van der Waals surface area contributed by atoms with Crippen LogP contribution in [0.5, 0.6) is 0 Å². The molecule has 1 aromatic carbocycles. The third-order valence-electron chi connectivity index (χ3n) is 5.09. The summed E-state index contributed by atoms with van der Waals surface area (Å²) in [5.41, 5.74) is 2.47. The highest BCUT2D eigenvalue weighted by molar-refractivity contribution is 5.24. The van der Waals surface area contributed by atoms with Gasteiger partial charge in [0.2, 0.25) is 0 Å². The van der Waals surface area contributed by atoms with Crippen LogP contribution in [0.25, 0.3) is 5.82 Å². The van der Waals surface area contributed by atoms with Crippen molar-refractivity contribution in [3.63, 3.8) is 0 Å². The van der Waals surface area contributed by atoms with Gasteiger partial charge in [-0.15, -0.1) is 0 Å². The van der Waals surface area contributed by atoms with E-state index >= 15 is 0 Å². The minimum atomic E-state index is 0.438. The van der Waals surface area contributed by atoms with Crippen LogP contribution in [0.1, 0.15) is 42.8 Å². The van der Waals surface area contributed by atoms with Crippen LogP contribution in [0.2, 0.25) is 0 Å². The Morgan fingerprint density at radius 1 is 1.15 bits per heavy atom. The first kappa shape index (κ1) is 16.9. The lowest BCUT2D eigenvalue weighted by Crippen LogP contribution is -2.34. The topological polar surface area (TPSA) is 46.8 Å². The van der Waals surface area contributed by atoms with Crippen molar-refractivity contribution < 1.29 is 0 Å². The maximum Gasteiger partial charge on any atom is 0.156 e. The molecule has 3 aromatic rings. The number of likely N-dealkylation sites (tertiary alicyclic amines) is 1. The van der Waals surface area contributed by atoms with Crippen LogP contribution in [0.3, 0.4) is 0 Å². The number of benzene rings is 1. The van der Waals surface area contributed by atoms with Crippen LogP contribution in [0.4, 0.5) is 0 Å². The highest BCUT2D eigenvalue weighted by Crippen LogP contribution is 2.26. The van der Waals surface area contributed by atoms with Gasteiger partial charge < -0.3 is 0 Å². The summed E-state index contributed by atoms with van der Waals surface area (Å²) in [5.74, 6) is 2.33. The van der Waals surface area contributed by atoms with E-state index in [0.29, 0.717) is 5.92 Å². The second-order valence-corrected chi connectivity index (χ2v) is 6.93.